The van der Waals surface area contributed by atoms with Crippen LogP contribution in [0.1, 0.15) is 15.9 Å². The van der Waals surface area contributed by atoms with Gasteiger partial charge in [-0.15, -0.1) is 0 Å². The van der Waals surface area contributed by atoms with Crippen LogP contribution in [0, 0.1) is 6.92 Å². The predicted molar refractivity (Wildman–Crippen MR) is 63.3 cm³/mol. The van der Waals surface area contributed by atoms with E-state index >= 15 is 0 Å². The summed E-state index contributed by atoms with van der Waals surface area (Å²) in [6, 6.07) is 9.12. The number of carboxylic acids is 1. The van der Waals surface area contributed by atoms with E-state index in [9.17, 15) is 4.79 Å². The Morgan fingerprint density at radius 3 is 2.60 bits per heavy atom. The lowest BCUT2D eigenvalue weighted by molar-refractivity contribution is 0.0697. The second kappa shape index (κ2) is 3.66. The van der Waals surface area contributed by atoms with E-state index in [4.69, 9.17) is 5.11 Å². The highest BCUT2D eigenvalue weighted by molar-refractivity contribution is 9.10. The first kappa shape index (κ1) is 10.2. The fourth-order valence-electron chi connectivity index (χ4n) is 1.53. The van der Waals surface area contributed by atoms with Crippen LogP contribution >= 0.6 is 15.9 Å². The Kier molecular flexibility index (Phi) is 2.49. The number of carboxylic acid groups (broad SMARTS) is 1. The Labute approximate surface area is 95.7 Å². The summed E-state index contributed by atoms with van der Waals surface area (Å²) >= 11 is 3.47. The van der Waals surface area contributed by atoms with Crippen molar-refractivity contribution in [1.29, 1.82) is 0 Å². The van der Waals surface area contributed by atoms with Gasteiger partial charge in [-0.2, -0.15) is 0 Å². The van der Waals surface area contributed by atoms with Crippen LogP contribution in [0.25, 0.3) is 10.8 Å². The summed E-state index contributed by atoms with van der Waals surface area (Å²) in [7, 11) is 0. The number of carbonyl (C=O) groups is 1. The molecule has 15 heavy (non-hydrogen) atoms. The molecule has 0 bridgehead atoms. The summed E-state index contributed by atoms with van der Waals surface area (Å²) in [5, 5.41) is 10.9. The number of aryl methyl sites for hydroxylation is 1. The Balaban J connectivity index is 2.79. The third-order valence-electron chi connectivity index (χ3n) is 2.40. The highest BCUT2D eigenvalue weighted by atomic mass is 79.9. The molecule has 0 aliphatic carbocycles. The van der Waals surface area contributed by atoms with E-state index in [-0.39, 0.29) is 0 Å². The molecule has 0 amide bonds. The summed E-state index contributed by atoms with van der Waals surface area (Å²) in [6.07, 6.45) is 0. The minimum Gasteiger partial charge on any atom is -0.478 e. The first-order valence-corrected chi connectivity index (χ1v) is 5.31. The first-order chi connectivity index (χ1) is 7.09. The Hall–Kier alpha value is -1.35. The van der Waals surface area contributed by atoms with Crippen molar-refractivity contribution in [2.75, 3.05) is 0 Å². The third-order valence-corrected chi connectivity index (χ3v) is 3.45. The topological polar surface area (TPSA) is 37.3 Å². The SMILES string of the molecule is Cc1ccc2ccc(C(=O)O)cc2c1Br. The Morgan fingerprint density at radius 1 is 1.27 bits per heavy atom. The molecule has 0 aliphatic rings. The molecule has 2 nitrogen and oxygen atoms in total. The molecule has 0 saturated heterocycles. The zero-order valence-corrected chi connectivity index (χ0v) is 9.71. The van der Waals surface area contributed by atoms with Gasteiger partial charge >= 0.3 is 5.97 Å². The standard InChI is InChI=1S/C12H9BrO2/c1-7-2-3-8-4-5-9(12(14)15)6-10(8)11(7)13/h2-6H,1H3,(H,14,15). The van der Waals surface area contributed by atoms with Gasteiger partial charge in [0.1, 0.15) is 0 Å². The van der Waals surface area contributed by atoms with Crippen LogP contribution in [0.15, 0.2) is 34.8 Å². The number of aromatic carboxylic acids is 1. The second-order valence-electron chi connectivity index (χ2n) is 3.44. The van der Waals surface area contributed by atoms with Crippen molar-refractivity contribution < 1.29 is 9.90 Å². The van der Waals surface area contributed by atoms with Gasteiger partial charge in [0, 0.05) is 4.47 Å². The van der Waals surface area contributed by atoms with Crippen LogP contribution in [0.3, 0.4) is 0 Å². The lowest BCUT2D eigenvalue weighted by Gasteiger charge is -2.05. The van der Waals surface area contributed by atoms with Gasteiger partial charge in [0.2, 0.25) is 0 Å². The number of hydrogen-bond acceptors (Lipinski definition) is 1. The highest BCUT2D eigenvalue weighted by Crippen LogP contribution is 2.28. The summed E-state index contributed by atoms with van der Waals surface area (Å²) in [6.45, 7) is 1.98. The maximum absolute atomic E-state index is 10.8. The van der Waals surface area contributed by atoms with Gasteiger partial charge in [0.15, 0.2) is 0 Å². The smallest absolute Gasteiger partial charge is 0.335 e. The fourth-order valence-corrected chi connectivity index (χ4v) is 2.00. The van der Waals surface area contributed by atoms with Crippen molar-refractivity contribution in [3.63, 3.8) is 0 Å². The quantitative estimate of drug-likeness (QED) is 0.855. The molecule has 0 saturated carbocycles. The number of hydrogen-bond donors (Lipinski definition) is 1. The van der Waals surface area contributed by atoms with E-state index < -0.39 is 5.97 Å². The van der Waals surface area contributed by atoms with Gasteiger partial charge in [0.05, 0.1) is 5.56 Å². The van der Waals surface area contributed by atoms with Crippen molar-refractivity contribution in [3.8, 4) is 0 Å². The Morgan fingerprint density at radius 2 is 1.93 bits per heavy atom. The summed E-state index contributed by atoms with van der Waals surface area (Å²) in [5.74, 6) is -0.898. The monoisotopic (exact) mass is 264 g/mol. The van der Waals surface area contributed by atoms with Crippen molar-refractivity contribution in [3.05, 3.63) is 45.9 Å². The molecule has 1 N–H and O–H groups in total. The number of fused-ring (bicyclic) bond motifs is 1. The van der Waals surface area contributed by atoms with E-state index in [1.165, 1.54) is 0 Å². The van der Waals surface area contributed by atoms with Crippen molar-refractivity contribution in [2.24, 2.45) is 0 Å². The van der Waals surface area contributed by atoms with Gasteiger partial charge in [-0.1, -0.05) is 18.2 Å². The molecular weight excluding hydrogens is 256 g/mol. The third kappa shape index (κ3) is 1.75. The summed E-state index contributed by atoms with van der Waals surface area (Å²) in [4.78, 5) is 10.8. The summed E-state index contributed by atoms with van der Waals surface area (Å²) in [5.41, 5.74) is 1.42. The average Bonchev–Trinajstić information content (AvgIpc) is 2.23. The number of rotatable bonds is 1. The average molecular weight is 265 g/mol. The van der Waals surface area contributed by atoms with Gasteiger partial charge in [-0.05, 0) is 51.3 Å². The molecule has 0 unspecified atom stereocenters. The molecule has 0 heterocycles. The minimum absolute atomic E-state index is 0.314. The van der Waals surface area contributed by atoms with Crippen LogP contribution < -0.4 is 0 Å². The van der Waals surface area contributed by atoms with E-state index in [1.807, 2.05) is 25.1 Å². The molecule has 0 aliphatic heterocycles. The number of halogens is 1. The summed E-state index contributed by atoms with van der Waals surface area (Å²) < 4.78 is 0.961. The van der Waals surface area contributed by atoms with Crippen molar-refractivity contribution in [2.45, 2.75) is 6.92 Å². The highest BCUT2D eigenvalue weighted by Gasteiger charge is 2.06. The maximum Gasteiger partial charge on any atom is 0.335 e. The molecule has 76 valence electrons. The zero-order chi connectivity index (χ0) is 11.0. The predicted octanol–water partition coefficient (Wildman–Crippen LogP) is 3.61. The molecule has 0 aromatic heterocycles. The van der Waals surface area contributed by atoms with Gasteiger partial charge in [-0.25, -0.2) is 4.79 Å². The van der Waals surface area contributed by atoms with Crippen LogP contribution in [0.2, 0.25) is 0 Å². The van der Waals surface area contributed by atoms with Gasteiger partial charge in [0.25, 0.3) is 0 Å². The first-order valence-electron chi connectivity index (χ1n) is 4.52. The molecule has 0 spiro atoms. The van der Waals surface area contributed by atoms with Crippen molar-refractivity contribution in [1.82, 2.24) is 0 Å². The lowest BCUT2D eigenvalue weighted by atomic mass is 10.0. The fraction of sp³-hybridized carbons (Fsp3) is 0.0833. The van der Waals surface area contributed by atoms with Crippen LogP contribution in [0.4, 0.5) is 0 Å². The number of benzene rings is 2. The Bertz CT molecular complexity index is 547. The lowest BCUT2D eigenvalue weighted by Crippen LogP contribution is -1.95. The van der Waals surface area contributed by atoms with Crippen LogP contribution in [-0.4, -0.2) is 11.1 Å². The minimum atomic E-state index is -0.898. The molecule has 2 rings (SSSR count). The molecule has 0 atom stereocenters. The zero-order valence-electron chi connectivity index (χ0n) is 8.12. The maximum atomic E-state index is 10.8. The molecule has 3 heteroatoms. The van der Waals surface area contributed by atoms with E-state index in [1.54, 1.807) is 12.1 Å². The molecule has 2 aromatic carbocycles. The largest absolute Gasteiger partial charge is 0.478 e. The van der Waals surface area contributed by atoms with Crippen LogP contribution in [-0.2, 0) is 0 Å². The molecular formula is C12H9BrO2. The second-order valence-corrected chi connectivity index (χ2v) is 4.23. The van der Waals surface area contributed by atoms with E-state index in [0.29, 0.717) is 5.56 Å². The van der Waals surface area contributed by atoms with E-state index in [0.717, 1.165) is 20.8 Å². The van der Waals surface area contributed by atoms with Crippen LogP contribution in [0.5, 0.6) is 0 Å². The molecule has 2 aromatic rings. The van der Waals surface area contributed by atoms with Crippen molar-refractivity contribution >= 4 is 32.7 Å². The normalized spacial score (nSPS) is 10.5. The molecule has 0 radical (unpaired) electrons. The van der Waals surface area contributed by atoms with Gasteiger partial charge in [-0.3, -0.25) is 0 Å². The van der Waals surface area contributed by atoms with Gasteiger partial charge < -0.3 is 5.11 Å². The molecule has 0 fully saturated rings. The van der Waals surface area contributed by atoms with E-state index in [2.05, 4.69) is 15.9 Å².